The number of ether oxygens (including phenoxy) is 1. The van der Waals surface area contributed by atoms with Gasteiger partial charge in [0.25, 0.3) is 5.91 Å². The largest absolute Gasteiger partial charge is 0.495 e. The fourth-order valence-corrected chi connectivity index (χ4v) is 4.04. The standard InChI is InChI=1S/C23H24N2O3S/c1-4-25(18-10-6-5-7-11-18)23(26)19-12-8-9-13-20(19)24-29(27)22-15-14-17(2)16-21(22)28-3/h5-16,24H,4H2,1-3H3. The lowest BCUT2D eigenvalue weighted by molar-refractivity contribution is 0.0989. The number of hydrogen-bond donors (Lipinski definition) is 1. The van der Waals surface area contributed by atoms with Crippen LogP contribution in [0, 0.1) is 6.92 Å². The van der Waals surface area contributed by atoms with E-state index in [4.69, 9.17) is 4.74 Å². The van der Waals surface area contributed by atoms with E-state index >= 15 is 0 Å². The molecule has 1 unspecified atom stereocenters. The first-order valence-corrected chi connectivity index (χ1v) is 10.5. The number of nitrogens with zero attached hydrogens (tertiary/aromatic N) is 1. The summed E-state index contributed by atoms with van der Waals surface area (Å²) in [6.07, 6.45) is 0. The number of benzene rings is 3. The Hall–Kier alpha value is -3.12. The highest BCUT2D eigenvalue weighted by molar-refractivity contribution is 7.86. The van der Waals surface area contributed by atoms with E-state index in [2.05, 4.69) is 4.72 Å². The molecule has 0 radical (unpaired) electrons. The SMILES string of the molecule is CCN(C(=O)c1ccccc1NS(=O)c1ccc(C)cc1OC)c1ccccc1. The number of hydrogen-bond acceptors (Lipinski definition) is 3. The molecule has 3 aromatic rings. The molecule has 0 bridgehead atoms. The van der Waals surface area contributed by atoms with Crippen LogP contribution < -0.4 is 14.4 Å². The van der Waals surface area contributed by atoms with Gasteiger partial charge < -0.3 is 14.4 Å². The summed E-state index contributed by atoms with van der Waals surface area (Å²) in [7, 11) is -0.0388. The van der Waals surface area contributed by atoms with Crippen molar-refractivity contribution in [2.45, 2.75) is 18.7 Å². The number of methoxy groups -OCH3 is 1. The maximum atomic E-state index is 13.2. The van der Waals surface area contributed by atoms with Crippen molar-refractivity contribution in [3.63, 3.8) is 0 Å². The minimum Gasteiger partial charge on any atom is -0.495 e. The number of nitrogens with one attached hydrogen (secondary N) is 1. The summed E-state index contributed by atoms with van der Waals surface area (Å²) in [5.41, 5.74) is 2.79. The monoisotopic (exact) mass is 408 g/mol. The van der Waals surface area contributed by atoms with E-state index in [9.17, 15) is 9.00 Å². The van der Waals surface area contributed by atoms with Gasteiger partial charge in [0.1, 0.15) is 10.6 Å². The zero-order valence-electron chi connectivity index (χ0n) is 16.7. The highest BCUT2D eigenvalue weighted by Crippen LogP contribution is 2.27. The average Bonchev–Trinajstić information content (AvgIpc) is 2.75. The van der Waals surface area contributed by atoms with Crippen LogP contribution in [0.5, 0.6) is 5.75 Å². The van der Waals surface area contributed by atoms with E-state index < -0.39 is 11.0 Å². The Morgan fingerprint density at radius 1 is 1.03 bits per heavy atom. The molecule has 1 amide bonds. The molecule has 1 atom stereocenters. The van der Waals surface area contributed by atoms with Crippen molar-refractivity contribution in [2.75, 3.05) is 23.3 Å². The molecular weight excluding hydrogens is 384 g/mol. The van der Waals surface area contributed by atoms with Crippen molar-refractivity contribution in [3.05, 3.63) is 83.9 Å². The summed E-state index contributed by atoms with van der Waals surface area (Å²) in [5.74, 6) is 0.383. The van der Waals surface area contributed by atoms with E-state index in [0.717, 1.165) is 11.3 Å². The third-order valence-electron chi connectivity index (χ3n) is 4.51. The zero-order chi connectivity index (χ0) is 20.8. The number of carbonyl (C=O) groups excluding carboxylic acids is 1. The third-order valence-corrected chi connectivity index (χ3v) is 5.65. The van der Waals surface area contributed by atoms with Gasteiger partial charge in [-0.1, -0.05) is 36.4 Å². The van der Waals surface area contributed by atoms with Gasteiger partial charge in [-0.3, -0.25) is 4.79 Å². The van der Waals surface area contributed by atoms with Crippen LogP contribution >= 0.6 is 0 Å². The molecule has 0 fully saturated rings. The van der Waals surface area contributed by atoms with Crippen LogP contribution in [0.1, 0.15) is 22.8 Å². The first kappa shape index (κ1) is 20.6. The Morgan fingerprint density at radius 3 is 2.41 bits per heavy atom. The van der Waals surface area contributed by atoms with Gasteiger partial charge in [0.15, 0.2) is 11.0 Å². The molecule has 0 saturated heterocycles. The van der Waals surface area contributed by atoms with Crippen molar-refractivity contribution in [1.82, 2.24) is 0 Å². The zero-order valence-corrected chi connectivity index (χ0v) is 17.5. The molecule has 0 saturated carbocycles. The van der Waals surface area contributed by atoms with E-state index in [1.54, 1.807) is 36.3 Å². The lowest BCUT2D eigenvalue weighted by Gasteiger charge is -2.22. The van der Waals surface area contributed by atoms with Gasteiger partial charge in [0.05, 0.1) is 18.4 Å². The van der Waals surface area contributed by atoms with E-state index in [0.29, 0.717) is 28.4 Å². The summed E-state index contributed by atoms with van der Waals surface area (Å²) >= 11 is 0. The van der Waals surface area contributed by atoms with E-state index in [1.807, 2.05) is 62.4 Å². The van der Waals surface area contributed by atoms with Gasteiger partial charge in [0, 0.05) is 12.2 Å². The summed E-state index contributed by atoms with van der Waals surface area (Å²) in [6, 6.07) is 22.1. The van der Waals surface area contributed by atoms with Crippen LogP contribution in [-0.2, 0) is 11.0 Å². The minimum absolute atomic E-state index is 0.158. The Labute approximate surface area is 173 Å². The predicted octanol–water partition coefficient (Wildman–Crippen LogP) is 4.81. The van der Waals surface area contributed by atoms with Gasteiger partial charge in [-0.25, -0.2) is 4.21 Å². The Balaban J connectivity index is 1.91. The van der Waals surface area contributed by atoms with Crippen LogP contribution in [0.15, 0.2) is 77.7 Å². The number of amides is 1. The summed E-state index contributed by atoms with van der Waals surface area (Å²) in [6.45, 7) is 4.39. The lowest BCUT2D eigenvalue weighted by Crippen LogP contribution is -2.31. The van der Waals surface area contributed by atoms with E-state index in [-0.39, 0.29) is 5.91 Å². The number of para-hydroxylation sites is 2. The minimum atomic E-state index is -1.59. The lowest BCUT2D eigenvalue weighted by atomic mass is 10.1. The average molecular weight is 409 g/mol. The molecule has 0 aliphatic heterocycles. The maximum Gasteiger partial charge on any atom is 0.260 e. The van der Waals surface area contributed by atoms with Gasteiger partial charge in [-0.15, -0.1) is 0 Å². The van der Waals surface area contributed by atoms with Gasteiger partial charge in [-0.2, -0.15) is 0 Å². The normalized spacial score (nSPS) is 11.6. The molecular formula is C23H24N2O3S. The summed E-state index contributed by atoms with van der Waals surface area (Å²) in [5, 5.41) is 0. The number of carbonyl (C=O) groups is 1. The van der Waals surface area contributed by atoms with Crippen LogP contribution in [0.25, 0.3) is 0 Å². The summed E-state index contributed by atoms with van der Waals surface area (Å²) in [4.78, 5) is 15.5. The molecule has 29 heavy (non-hydrogen) atoms. The van der Waals surface area contributed by atoms with Gasteiger partial charge in [0.2, 0.25) is 0 Å². The topological polar surface area (TPSA) is 58.6 Å². The Morgan fingerprint density at radius 2 is 1.72 bits per heavy atom. The fourth-order valence-electron chi connectivity index (χ4n) is 3.04. The smallest absolute Gasteiger partial charge is 0.260 e. The second-order valence-electron chi connectivity index (χ2n) is 6.46. The number of rotatable bonds is 7. The molecule has 3 aromatic carbocycles. The molecule has 0 heterocycles. The van der Waals surface area contributed by atoms with Crippen molar-refractivity contribution in [2.24, 2.45) is 0 Å². The Bertz CT molecular complexity index is 1020. The van der Waals surface area contributed by atoms with Crippen molar-refractivity contribution in [3.8, 4) is 5.75 Å². The number of anilines is 2. The predicted molar refractivity (Wildman–Crippen MR) is 118 cm³/mol. The molecule has 150 valence electrons. The van der Waals surface area contributed by atoms with Crippen molar-refractivity contribution >= 4 is 28.3 Å². The molecule has 0 aliphatic rings. The second-order valence-corrected chi connectivity index (χ2v) is 7.64. The van der Waals surface area contributed by atoms with Crippen molar-refractivity contribution < 1.29 is 13.7 Å². The molecule has 3 rings (SSSR count). The molecule has 0 aliphatic carbocycles. The molecule has 6 heteroatoms. The van der Waals surface area contributed by atoms with Gasteiger partial charge >= 0.3 is 0 Å². The third kappa shape index (κ3) is 4.66. The fraction of sp³-hybridized carbons (Fsp3) is 0.174. The Kier molecular flexibility index (Phi) is 6.67. The van der Waals surface area contributed by atoms with Crippen molar-refractivity contribution in [1.29, 1.82) is 0 Å². The van der Waals surface area contributed by atoms with Crippen LogP contribution in [-0.4, -0.2) is 23.8 Å². The van der Waals surface area contributed by atoms with Gasteiger partial charge in [-0.05, 0) is 55.8 Å². The summed E-state index contributed by atoms with van der Waals surface area (Å²) < 4.78 is 21.3. The first-order chi connectivity index (χ1) is 14.0. The highest BCUT2D eigenvalue weighted by atomic mass is 32.2. The molecule has 0 aromatic heterocycles. The number of aryl methyl sites for hydroxylation is 1. The first-order valence-electron chi connectivity index (χ1n) is 9.34. The van der Waals surface area contributed by atoms with Crippen LogP contribution in [0.3, 0.4) is 0 Å². The van der Waals surface area contributed by atoms with E-state index in [1.165, 1.54) is 0 Å². The second kappa shape index (κ2) is 9.39. The van der Waals surface area contributed by atoms with Crippen LogP contribution in [0.2, 0.25) is 0 Å². The quantitative estimate of drug-likeness (QED) is 0.611. The highest BCUT2D eigenvalue weighted by Gasteiger charge is 2.20. The molecule has 5 nitrogen and oxygen atoms in total. The molecule has 1 N–H and O–H groups in total. The maximum absolute atomic E-state index is 13.2. The molecule has 0 spiro atoms. The van der Waals surface area contributed by atoms with Crippen LogP contribution in [0.4, 0.5) is 11.4 Å².